The van der Waals surface area contributed by atoms with E-state index in [0.717, 1.165) is 11.1 Å². The van der Waals surface area contributed by atoms with Gasteiger partial charge in [0.15, 0.2) is 0 Å². The quantitative estimate of drug-likeness (QED) is 0.685. The van der Waals surface area contributed by atoms with Gasteiger partial charge < -0.3 is 0 Å². The van der Waals surface area contributed by atoms with Crippen molar-refractivity contribution in [3.8, 4) is 0 Å². The van der Waals surface area contributed by atoms with Crippen LogP contribution in [-0.4, -0.2) is 12.5 Å². The van der Waals surface area contributed by atoms with Crippen molar-refractivity contribution in [3.05, 3.63) is 40.4 Å². The number of hydrazine groups is 1. The first-order chi connectivity index (χ1) is 6.75. The molecule has 0 spiro atoms. The van der Waals surface area contributed by atoms with Gasteiger partial charge in [-0.2, -0.15) is 0 Å². The van der Waals surface area contributed by atoms with E-state index in [1.165, 1.54) is 0 Å². The third-order valence-electron chi connectivity index (χ3n) is 1.98. The monoisotopic (exact) mass is 208 g/mol. The van der Waals surface area contributed by atoms with Gasteiger partial charge in [-0.1, -0.05) is 23.7 Å². The number of benzene rings is 1. The van der Waals surface area contributed by atoms with Crippen LogP contribution in [0.25, 0.3) is 6.08 Å². The predicted molar refractivity (Wildman–Crippen MR) is 55.6 cm³/mol. The number of nitrogens with one attached hydrogen (secondary N) is 2. The molecule has 3 nitrogen and oxygen atoms in total. The first-order valence-electron chi connectivity index (χ1n) is 4.25. The molecule has 1 heterocycles. The van der Waals surface area contributed by atoms with Crippen LogP contribution in [0.2, 0.25) is 5.02 Å². The highest BCUT2D eigenvalue weighted by Crippen LogP contribution is 2.13. The molecule has 0 aromatic heterocycles. The Hall–Kier alpha value is -1.32. The van der Waals surface area contributed by atoms with Crippen LogP contribution in [0.1, 0.15) is 5.56 Å². The number of carbonyl (C=O) groups excluding carboxylic acids is 1. The molecule has 2 N–H and O–H groups in total. The molecule has 0 unspecified atom stereocenters. The van der Waals surface area contributed by atoms with Crippen molar-refractivity contribution in [3.63, 3.8) is 0 Å². The van der Waals surface area contributed by atoms with Crippen molar-refractivity contribution in [1.29, 1.82) is 0 Å². The third-order valence-corrected chi connectivity index (χ3v) is 2.24. The smallest absolute Gasteiger partial charge is 0.262 e. The predicted octanol–water partition coefficient (Wildman–Crippen LogP) is 1.36. The van der Waals surface area contributed by atoms with Crippen molar-refractivity contribution in [2.75, 3.05) is 6.54 Å². The van der Waals surface area contributed by atoms with Crippen LogP contribution in [0.15, 0.2) is 29.8 Å². The molecule has 0 aliphatic carbocycles. The number of rotatable bonds is 1. The molecular formula is C10H9ClN2O. The molecule has 1 aromatic carbocycles. The third kappa shape index (κ3) is 1.95. The van der Waals surface area contributed by atoms with Gasteiger partial charge in [0.05, 0.1) is 0 Å². The first-order valence-corrected chi connectivity index (χ1v) is 4.63. The van der Waals surface area contributed by atoms with Gasteiger partial charge in [-0.25, -0.2) is 5.43 Å². The average molecular weight is 209 g/mol. The van der Waals surface area contributed by atoms with Gasteiger partial charge in [0.25, 0.3) is 5.91 Å². The minimum Gasteiger partial charge on any atom is -0.287 e. The lowest BCUT2D eigenvalue weighted by Gasteiger charge is -1.95. The second-order valence-electron chi connectivity index (χ2n) is 3.03. The van der Waals surface area contributed by atoms with Gasteiger partial charge >= 0.3 is 0 Å². The van der Waals surface area contributed by atoms with Crippen molar-refractivity contribution >= 4 is 23.6 Å². The number of hydrogen-bond donors (Lipinski definition) is 2. The molecule has 1 aromatic rings. The van der Waals surface area contributed by atoms with E-state index in [4.69, 9.17) is 11.6 Å². The van der Waals surface area contributed by atoms with Crippen molar-refractivity contribution < 1.29 is 4.79 Å². The number of carbonyl (C=O) groups is 1. The minimum absolute atomic E-state index is 0.0695. The van der Waals surface area contributed by atoms with Crippen LogP contribution in [-0.2, 0) is 4.79 Å². The molecule has 14 heavy (non-hydrogen) atoms. The topological polar surface area (TPSA) is 41.1 Å². The summed E-state index contributed by atoms with van der Waals surface area (Å²) in [5, 5.41) is 0.696. The molecule has 0 atom stereocenters. The average Bonchev–Trinajstić information content (AvgIpc) is 2.56. The Balaban J connectivity index is 2.24. The summed E-state index contributed by atoms with van der Waals surface area (Å²) in [6.07, 6.45) is 1.84. The van der Waals surface area contributed by atoms with Gasteiger partial charge in [-0.3, -0.25) is 10.2 Å². The molecule has 2 rings (SSSR count). The molecule has 1 aliphatic heterocycles. The van der Waals surface area contributed by atoms with E-state index in [0.29, 0.717) is 11.6 Å². The summed E-state index contributed by atoms with van der Waals surface area (Å²) < 4.78 is 0. The van der Waals surface area contributed by atoms with E-state index in [9.17, 15) is 4.79 Å². The molecule has 0 bridgehead atoms. The van der Waals surface area contributed by atoms with Crippen LogP contribution in [0.4, 0.5) is 0 Å². The van der Waals surface area contributed by atoms with Gasteiger partial charge in [0.1, 0.15) is 0 Å². The Kier molecular flexibility index (Phi) is 2.52. The largest absolute Gasteiger partial charge is 0.287 e. The molecule has 1 amide bonds. The van der Waals surface area contributed by atoms with Crippen molar-refractivity contribution in [2.24, 2.45) is 0 Å². The lowest BCUT2D eigenvalue weighted by atomic mass is 10.1. The molecule has 4 heteroatoms. The van der Waals surface area contributed by atoms with E-state index in [1.807, 2.05) is 18.2 Å². The van der Waals surface area contributed by atoms with Gasteiger partial charge in [-0.15, -0.1) is 0 Å². The van der Waals surface area contributed by atoms with Crippen molar-refractivity contribution in [1.82, 2.24) is 10.9 Å². The molecule has 0 saturated carbocycles. The second-order valence-corrected chi connectivity index (χ2v) is 3.47. The number of halogens is 1. The van der Waals surface area contributed by atoms with Crippen molar-refractivity contribution in [2.45, 2.75) is 0 Å². The van der Waals surface area contributed by atoms with E-state index in [-0.39, 0.29) is 5.91 Å². The Morgan fingerprint density at radius 1 is 1.29 bits per heavy atom. The zero-order valence-electron chi connectivity index (χ0n) is 7.38. The summed E-state index contributed by atoms with van der Waals surface area (Å²) in [7, 11) is 0. The molecule has 1 fully saturated rings. The van der Waals surface area contributed by atoms with Crippen LogP contribution < -0.4 is 10.9 Å². The molecule has 1 saturated heterocycles. The minimum atomic E-state index is -0.0695. The molecule has 0 radical (unpaired) electrons. The summed E-state index contributed by atoms with van der Waals surface area (Å²) in [4.78, 5) is 11.2. The summed E-state index contributed by atoms with van der Waals surface area (Å²) >= 11 is 5.74. The first kappa shape index (κ1) is 9.24. The highest BCUT2D eigenvalue weighted by Gasteiger charge is 2.14. The van der Waals surface area contributed by atoms with Gasteiger partial charge in [-0.05, 0) is 23.8 Å². The normalized spacial score (nSPS) is 18.6. The van der Waals surface area contributed by atoms with Crippen LogP contribution in [0.5, 0.6) is 0 Å². The Bertz CT molecular complexity index is 384. The Morgan fingerprint density at radius 3 is 2.57 bits per heavy atom. The van der Waals surface area contributed by atoms with Crippen LogP contribution in [0.3, 0.4) is 0 Å². The van der Waals surface area contributed by atoms with Gasteiger partial charge in [0, 0.05) is 17.1 Å². The molecular weight excluding hydrogens is 200 g/mol. The van der Waals surface area contributed by atoms with E-state index < -0.39 is 0 Å². The maximum atomic E-state index is 11.2. The summed E-state index contributed by atoms with van der Waals surface area (Å²) in [5.41, 5.74) is 6.98. The van der Waals surface area contributed by atoms with E-state index in [2.05, 4.69) is 10.9 Å². The highest BCUT2D eigenvalue weighted by molar-refractivity contribution is 6.30. The SMILES string of the molecule is O=C1NNC/C1=C\c1ccc(Cl)cc1. The maximum absolute atomic E-state index is 11.2. The lowest BCUT2D eigenvalue weighted by molar-refractivity contribution is -0.116. The lowest BCUT2D eigenvalue weighted by Crippen LogP contribution is -2.25. The van der Waals surface area contributed by atoms with Crippen LogP contribution >= 0.6 is 11.6 Å². The zero-order chi connectivity index (χ0) is 9.97. The Labute approximate surface area is 86.7 Å². The van der Waals surface area contributed by atoms with E-state index >= 15 is 0 Å². The zero-order valence-corrected chi connectivity index (χ0v) is 8.14. The highest BCUT2D eigenvalue weighted by atomic mass is 35.5. The number of hydrogen-bond acceptors (Lipinski definition) is 2. The maximum Gasteiger partial charge on any atom is 0.262 e. The van der Waals surface area contributed by atoms with Gasteiger partial charge in [0.2, 0.25) is 0 Å². The molecule has 72 valence electrons. The summed E-state index contributed by atoms with van der Waals surface area (Å²) in [5.74, 6) is -0.0695. The van der Waals surface area contributed by atoms with Crippen LogP contribution in [0, 0.1) is 0 Å². The summed E-state index contributed by atoms with van der Waals surface area (Å²) in [6.45, 7) is 0.557. The Morgan fingerprint density at radius 2 is 2.00 bits per heavy atom. The molecule has 1 aliphatic rings. The fourth-order valence-corrected chi connectivity index (χ4v) is 1.38. The second kappa shape index (κ2) is 3.82. The fraction of sp³-hybridized carbons (Fsp3) is 0.100. The summed E-state index contributed by atoms with van der Waals surface area (Å²) in [6, 6.07) is 7.35. The standard InChI is InChI=1S/C10H9ClN2O/c11-9-3-1-7(2-4-9)5-8-6-12-13-10(8)14/h1-5,12H,6H2,(H,13,14)/b8-5+. The number of amides is 1. The fourth-order valence-electron chi connectivity index (χ4n) is 1.26. The van der Waals surface area contributed by atoms with E-state index in [1.54, 1.807) is 12.1 Å².